The maximum atomic E-state index is 16.5. The SMILES string of the molecule is Cc1noc(C)c1C1C(C(=O)O)=CC=CC1(F)n1ncc2ccccc21. The number of allylic oxidation sites excluding steroid dienone is 3. The summed E-state index contributed by atoms with van der Waals surface area (Å²) in [5.74, 6) is -4.17. The van der Waals surface area contributed by atoms with E-state index in [1.165, 1.54) is 22.9 Å². The Morgan fingerprint density at radius 3 is 2.81 bits per heavy atom. The van der Waals surface area contributed by atoms with Crippen LogP contribution in [0.5, 0.6) is 0 Å². The van der Waals surface area contributed by atoms with Crippen molar-refractivity contribution in [1.82, 2.24) is 14.9 Å². The zero-order valence-corrected chi connectivity index (χ0v) is 14.2. The molecule has 2 aromatic heterocycles. The Bertz CT molecular complexity index is 1060. The number of aryl methyl sites for hydroxylation is 2. The Kier molecular flexibility index (Phi) is 3.54. The number of hydrogen-bond acceptors (Lipinski definition) is 4. The van der Waals surface area contributed by atoms with Gasteiger partial charge in [-0.1, -0.05) is 35.5 Å². The Morgan fingerprint density at radius 1 is 1.35 bits per heavy atom. The molecule has 1 aliphatic rings. The molecule has 3 aromatic rings. The van der Waals surface area contributed by atoms with Gasteiger partial charge in [-0.25, -0.2) is 13.9 Å². The molecular weight excluding hydrogens is 337 g/mol. The van der Waals surface area contributed by atoms with Crippen LogP contribution in [0, 0.1) is 13.8 Å². The van der Waals surface area contributed by atoms with Crippen LogP contribution in [-0.4, -0.2) is 26.0 Å². The molecule has 0 bridgehead atoms. The largest absolute Gasteiger partial charge is 0.478 e. The van der Waals surface area contributed by atoms with Gasteiger partial charge in [0.05, 0.1) is 28.9 Å². The van der Waals surface area contributed by atoms with E-state index in [9.17, 15) is 9.90 Å². The van der Waals surface area contributed by atoms with Crippen LogP contribution in [0.25, 0.3) is 10.9 Å². The van der Waals surface area contributed by atoms with Crippen LogP contribution in [0.1, 0.15) is 22.9 Å². The van der Waals surface area contributed by atoms with Gasteiger partial charge in [-0.2, -0.15) is 5.10 Å². The zero-order chi connectivity index (χ0) is 18.5. The zero-order valence-electron chi connectivity index (χ0n) is 14.2. The van der Waals surface area contributed by atoms with Crippen LogP contribution < -0.4 is 0 Å². The number of fused-ring (bicyclic) bond motifs is 1. The number of carbonyl (C=O) groups is 1. The first-order valence-corrected chi connectivity index (χ1v) is 8.11. The quantitative estimate of drug-likeness (QED) is 0.778. The number of carboxylic acids is 1. The minimum atomic E-state index is -2.22. The van der Waals surface area contributed by atoms with Gasteiger partial charge in [0, 0.05) is 10.9 Å². The number of benzene rings is 1. The number of aromatic nitrogens is 3. The summed E-state index contributed by atoms with van der Waals surface area (Å²) < 4.78 is 22.9. The third-order valence-corrected chi connectivity index (χ3v) is 4.75. The van der Waals surface area contributed by atoms with Crippen molar-refractivity contribution >= 4 is 16.9 Å². The van der Waals surface area contributed by atoms with Gasteiger partial charge in [0.2, 0.25) is 5.79 Å². The summed E-state index contributed by atoms with van der Waals surface area (Å²) in [7, 11) is 0. The topological polar surface area (TPSA) is 81.1 Å². The summed E-state index contributed by atoms with van der Waals surface area (Å²) in [4.78, 5) is 11.9. The highest BCUT2D eigenvalue weighted by Gasteiger charge is 2.49. The minimum Gasteiger partial charge on any atom is -0.478 e. The number of para-hydroxylation sites is 1. The van der Waals surface area contributed by atoms with E-state index in [1.807, 2.05) is 12.1 Å². The summed E-state index contributed by atoms with van der Waals surface area (Å²) in [6, 6.07) is 7.20. The summed E-state index contributed by atoms with van der Waals surface area (Å²) in [6.07, 6.45) is 5.71. The molecule has 1 aromatic carbocycles. The highest BCUT2D eigenvalue weighted by atomic mass is 19.1. The average Bonchev–Trinajstić information content (AvgIpc) is 3.19. The van der Waals surface area contributed by atoms with E-state index in [4.69, 9.17) is 4.52 Å². The van der Waals surface area contributed by atoms with Gasteiger partial charge in [-0.05, 0) is 26.0 Å². The third kappa shape index (κ3) is 2.20. The van der Waals surface area contributed by atoms with E-state index in [1.54, 1.807) is 32.2 Å². The molecule has 2 heterocycles. The highest BCUT2D eigenvalue weighted by Crippen LogP contribution is 2.47. The second-order valence-electron chi connectivity index (χ2n) is 6.30. The lowest BCUT2D eigenvalue weighted by atomic mass is 9.79. The first-order chi connectivity index (χ1) is 12.4. The summed E-state index contributed by atoms with van der Waals surface area (Å²) in [5.41, 5.74) is 1.37. The maximum Gasteiger partial charge on any atom is 0.332 e. The molecule has 1 N–H and O–H groups in total. The third-order valence-electron chi connectivity index (χ3n) is 4.75. The van der Waals surface area contributed by atoms with E-state index in [2.05, 4.69) is 10.3 Å². The minimum absolute atomic E-state index is 0.0796. The fourth-order valence-electron chi connectivity index (χ4n) is 3.59. The van der Waals surface area contributed by atoms with Crippen LogP contribution in [0.4, 0.5) is 4.39 Å². The summed E-state index contributed by atoms with van der Waals surface area (Å²) >= 11 is 0. The van der Waals surface area contributed by atoms with Gasteiger partial charge in [0.1, 0.15) is 5.76 Å². The lowest BCUT2D eigenvalue weighted by Gasteiger charge is -2.34. The van der Waals surface area contributed by atoms with Gasteiger partial charge >= 0.3 is 5.97 Å². The molecule has 0 radical (unpaired) electrons. The molecule has 7 heteroatoms. The van der Waals surface area contributed by atoms with E-state index < -0.39 is 17.7 Å². The Balaban J connectivity index is 2.00. The fourth-order valence-corrected chi connectivity index (χ4v) is 3.59. The molecular formula is C19H16FN3O3. The average molecular weight is 353 g/mol. The van der Waals surface area contributed by atoms with Crippen molar-refractivity contribution in [2.24, 2.45) is 0 Å². The molecule has 2 atom stereocenters. The smallest absolute Gasteiger partial charge is 0.332 e. The molecule has 1 aliphatic carbocycles. The molecule has 2 unspecified atom stereocenters. The molecule has 132 valence electrons. The predicted octanol–water partition coefficient (Wildman–Crippen LogP) is 3.63. The molecule has 6 nitrogen and oxygen atoms in total. The van der Waals surface area contributed by atoms with Gasteiger partial charge < -0.3 is 9.63 Å². The first-order valence-electron chi connectivity index (χ1n) is 8.11. The lowest BCUT2D eigenvalue weighted by Crippen LogP contribution is -2.39. The van der Waals surface area contributed by atoms with Crippen molar-refractivity contribution in [3.05, 3.63) is 71.3 Å². The standard InChI is InChI=1S/C19H16FN3O3/c1-11-16(12(2)26-22-11)17-14(18(24)25)7-5-9-19(17,20)23-15-8-4-3-6-13(15)10-21-23/h3-10,17H,1-2H3,(H,24,25). The Hall–Kier alpha value is -3.22. The van der Waals surface area contributed by atoms with Gasteiger partial charge in [-0.15, -0.1) is 0 Å². The monoisotopic (exact) mass is 353 g/mol. The fraction of sp³-hybridized carbons (Fsp3) is 0.211. The molecule has 0 fully saturated rings. The Morgan fingerprint density at radius 2 is 2.12 bits per heavy atom. The van der Waals surface area contributed by atoms with Crippen LogP contribution in [0.15, 0.2) is 58.8 Å². The molecule has 0 amide bonds. The highest BCUT2D eigenvalue weighted by molar-refractivity contribution is 5.90. The van der Waals surface area contributed by atoms with Crippen LogP contribution >= 0.6 is 0 Å². The lowest BCUT2D eigenvalue weighted by molar-refractivity contribution is -0.133. The summed E-state index contributed by atoms with van der Waals surface area (Å²) in [6.45, 7) is 3.32. The van der Waals surface area contributed by atoms with Crippen LogP contribution in [-0.2, 0) is 10.6 Å². The van der Waals surface area contributed by atoms with Crippen LogP contribution in [0.3, 0.4) is 0 Å². The van der Waals surface area contributed by atoms with E-state index >= 15 is 4.39 Å². The van der Waals surface area contributed by atoms with Crippen molar-refractivity contribution in [3.8, 4) is 0 Å². The van der Waals surface area contributed by atoms with Crippen molar-refractivity contribution in [2.75, 3.05) is 0 Å². The molecule has 26 heavy (non-hydrogen) atoms. The second-order valence-corrected chi connectivity index (χ2v) is 6.30. The number of alkyl halides is 1. The predicted molar refractivity (Wildman–Crippen MR) is 92.4 cm³/mol. The van der Waals surface area contributed by atoms with Crippen molar-refractivity contribution in [3.63, 3.8) is 0 Å². The number of carboxylic acid groups (broad SMARTS) is 1. The summed E-state index contributed by atoms with van der Waals surface area (Å²) in [5, 5.41) is 18.6. The number of nitrogens with zero attached hydrogens (tertiary/aromatic N) is 3. The maximum absolute atomic E-state index is 16.5. The second kappa shape index (κ2) is 5.66. The molecule has 0 saturated carbocycles. The van der Waals surface area contributed by atoms with Gasteiger partial charge in [0.15, 0.2) is 0 Å². The Labute approximate surface area is 148 Å². The van der Waals surface area contributed by atoms with Crippen LogP contribution in [0.2, 0.25) is 0 Å². The van der Waals surface area contributed by atoms with E-state index in [0.717, 1.165) is 5.39 Å². The normalized spacial score (nSPS) is 22.6. The number of rotatable bonds is 3. The molecule has 4 rings (SSSR count). The number of halogens is 1. The number of aliphatic carboxylic acids is 1. The van der Waals surface area contributed by atoms with E-state index in [0.29, 0.717) is 22.5 Å². The van der Waals surface area contributed by atoms with Gasteiger partial charge in [0.25, 0.3) is 0 Å². The van der Waals surface area contributed by atoms with Crippen molar-refractivity contribution in [2.45, 2.75) is 25.6 Å². The molecule has 0 aliphatic heterocycles. The first kappa shape index (κ1) is 16.3. The number of hydrogen-bond donors (Lipinski definition) is 1. The van der Waals surface area contributed by atoms with Crippen molar-refractivity contribution < 1.29 is 18.8 Å². The van der Waals surface area contributed by atoms with Crippen molar-refractivity contribution in [1.29, 1.82) is 0 Å². The molecule has 0 spiro atoms. The van der Waals surface area contributed by atoms with Gasteiger partial charge in [-0.3, -0.25) is 0 Å². The van der Waals surface area contributed by atoms with E-state index in [-0.39, 0.29) is 5.57 Å². The molecule has 0 saturated heterocycles.